The molecular weight excluding hydrogens is 326 g/mol. The van der Waals surface area contributed by atoms with Gasteiger partial charge in [0.1, 0.15) is 0 Å². The summed E-state index contributed by atoms with van der Waals surface area (Å²) >= 11 is 0. The number of piperazine rings is 1. The van der Waals surface area contributed by atoms with Crippen LogP contribution in [0.5, 0.6) is 0 Å². The third kappa shape index (κ3) is 5.35. The number of guanidine groups is 1. The molecule has 2 fully saturated rings. The topological polar surface area (TPSA) is 43.3 Å². The van der Waals surface area contributed by atoms with Crippen LogP contribution in [-0.2, 0) is 4.74 Å². The third-order valence-corrected chi connectivity index (χ3v) is 5.24. The number of methoxy groups -OCH3 is 1. The van der Waals surface area contributed by atoms with E-state index in [2.05, 4.69) is 55.3 Å². The number of para-hydroxylation sites is 1. The van der Waals surface area contributed by atoms with E-state index in [1.165, 1.54) is 18.5 Å². The Morgan fingerprint density at radius 3 is 2.50 bits per heavy atom. The summed E-state index contributed by atoms with van der Waals surface area (Å²) in [7, 11) is 3.66. The fourth-order valence-corrected chi connectivity index (χ4v) is 3.58. The third-order valence-electron chi connectivity index (χ3n) is 5.24. The molecule has 1 aromatic rings. The molecule has 1 aliphatic carbocycles. The van der Waals surface area contributed by atoms with Crippen molar-refractivity contribution >= 4 is 11.6 Å². The molecule has 6 heteroatoms. The standard InChI is InChI=1S/C20H33N5O/c1-21-20(22-10-11-23(16-17-26-2)19-8-9-19)25-14-12-24(13-15-25)18-6-4-3-5-7-18/h3-7,19H,8-17H2,1-2H3,(H,21,22). The van der Waals surface area contributed by atoms with Gasteiger partial charge >= 0.3 is 0 Å². The maximum atomic E-state index is 5.24. The second-order valence-electron chi connectivity index (χ2n) is 7.04. The van der Waals surface area contributed by atoms with E-state index in [1.807, 2.05) is 7.05 Å². The van der Waals surface area contributed by atoms with Crippen molar-refractivity contribution in [2.45, 2.75) is 18.9 Å². The van der Waals surface area contributed by atoms with E-state index >= 15 is 0 Å². The number of nitrogens with one attached hydrogen (secondary N) is 1. The number of hydrogen-bond donors (Lipinski definition) is 1. The Hall–Kier alpha value is -1.79. The van der Waals surface area contributed by atoms with Gasteiger partial charge in [0.25, 0.3) is 0 Å². The minimum atomic E-state index is 0.767. The van der Waals surface area contributed by atoms with Crippen LogP contribution in [0.1, 0.15) is 12.8 Å². The average Bonchev–Trinajstić information content (AvgIpc) is 3.54. The first kappa shape index (κ1) is 19.0. The molecule has 1 N–H and O–H groups in total. The summed E-state index contributed by atoms with van der Waals surface area (Å²) < 4.78 is 5.24. The maximum absolute atomic E-state index is 5.24. The van der Waals surface area contributed by atoms with Crippen LogP contribution in [0.3, 0.4) is 0 Å². The van der Waals surface area contributed by atoms with Gasteiger partial charge in [-0.2, -0.15) is 0 Å². The van der Waals surface area contributed by atoms with Gasteiger partial charge in [-0.05, 0) is 25.0 Å². The SMILES string of the molecule is CN=C(NCCN(CCOC)C1CC1)N1CCN(c2ccccc2)CC1. The fraction of sp³-hybridized carbons (Fsp3) is 0.650. The molecule has 0 aromatic heterocycles. The van der Waals surface area contributed by atoms with E-state index in [1.54, 1.807) is 7.11 Å². The van der Waals surface area contributed by atoms with E-state index in [-0.39, 0.29) is 0 Å². The highest BCUT2D eigenvalue weighted by molar-refractivity contribution is 5.80. The predicted molar refractivity (Wildman–Crippen MR) is 108 cm³/mol. The van der Waals surface area contributed by atoms with Gasteiger partial charge in [0, 0.05) is 71.7 Å². The van der Waals surface area contributed by atoms with Gasteiger partial charge in [0.05, 0.1) is 6.61 Å². The van der Waals surface area contributed by atoms with Crippen LogP contribution >= 0.6 is 0 Å². The molecule has 6 nitrogen and oxygen atoms in total. The lowest BCUT2D eigenvalue weighted by molar-refractivity contribution is 0.144. The molecule has 0 radical (unpaired) electrons. The summed E-state index contributed by atoms with van der Waals surface area (Å²) in [6, 6.07) is 11.4. The first-order valence-corrected chi connectivity index (χ1v) is 9.80. The number of hydrogen-bond acceptors (Lipinski definition) is 4. The number of benzene rings is 1. The van der Waals surface area contributed by atoms with E-state index in [0.717, 1.165) is 64.4 Å². The Kier molecular flexibility index (Phi) is 7.14. The van der Waals surface area contributed by atoms with Gasteiger partial charge in [-0.15, -0.1) is 0 Å². The Balaban J connectivity index is 1.42. The normalized spacial score (nSPS) is 18.5. The van der Waals surface area contributed by atoms with Crippen LogP contribution < -0.4 is 10.2 Å². The molecule has 26 heavy (non-hydrogen) atoms. The van der Waals surface area contributed by atoms with E-state index in [9.17, 15) is 0 Å². The van der Waals surface area contributed by atoms with Gasteiger partial charge in [0.15, 0.2) is 5.96 Å². The molecule has 1 saturated carbocycles. The summed E-state index contributed by atoms with van der Waals surface area (Å²) in [6.45, 7) is 7.90. The van der Waals surface area contributed by atoms with Crippen LogP contribution in [0.2, 0.25) is 0 Å². The molecule has 1 saturated heterocycles. The minimum absolute atomic E-state index is 0.767. The molecular formula is C20H33N5O. The van der Waals surface area contributed by atoms with Crippen molar-refractivity contribution in [2.24, 2.45) is 4.99 Å². The smallest absolute Gasteiger partial charge is 0.193 e. The van der Waals surface area contributed by atoms with Crippen LogP contribution in [0, 0.1) is 0 Å². The summed E-state index contributed by atoms with van der Waals surface area (Å²) in [5.41, 5.74) is 1.31. The number of ether oxygens (including phenoxy) is 1. The Labute approximate surface area is 157 Å². The minimum Gasteiger partial charge on any atom is -0.383 e. The van der Waals surface area contributed by atoms with Crippen LogP contribution in [-0.4, -0.2) is 88.4 Å². The molecule has 3 rings (SSSR count). The van der Waals surface area contributed by atoms with Crippen molar-refractivity contribution in [3.05, 3.63) is 30.3 Å². The molecule has 0 spiro atoms. The quantitative estimate of drug-likeness (QED) is 0.563. The van der Waals surface area contributed by atoms with Crippen molar-refractivity contribution < 1.29 is 4.74 Å². The predicted octanol–water partition coefficient (Wildman–Crippen LogP) is 1.49. The van der Waals surface area contributed by atoms with Crippen LogP contribution in [0.15, 0.2) is 35.3 Å². The second kappa shape index (κ2) is 9.78. The number of rotatable bonds is 8. The summed E-state index contributed by atoms with van der Waals surface area (Å²) in [6.07, 6.45) is 2.67. The highest BCUT2D eigenvalue weighted by Gasteiger charge is 2.28. The van der Waals surface area contributed by atoms with Gasteiger partial charge in [-0.1, -0.05) is 18.2 Å². The molecule has 1 aromatic carbocycles. The van der Waals surface area contributed by atoms with Crippen LogP contribution in [0.25, 0.3) is 0 Å². The molecule has 144 valence electrons. The second-order valence-corrected chi connectivity index (χ2v) is 7.04. The fourth-order valence-electron chi connectivity index (χ4n) is 3.58. The molecule has 1 aliphatic heterocycles. The lowest BCUT2D eigenvalue weighted by Crippen LogP contribution is -2.53. The largest absolute Gasteiger partial charge is 0.383 e. The van der Waals surface area contributed by atoms with Gasteiger partial charge in [-0.3, -0.25) is 9.89 Å². The van der Waals surface area contributed by atoms with Gasteiger partial charge in [-0.25, -0.2) is 0 Å². The van der Waals surface area contributed by atoms with Gasteiger partial charge < -0.3 is 19.9 Å². The van der Waals surface area contributed by atoms with Crippen molar-refractivity contribution in [1.82, 2.24) is 15.1 Å². The molecule has 1 heterocycles. The molecule has 0 bridgehead atoms. The zero-order valence-corrected chi connectivity index (χ0v) is 16.2. The molecule has 0 atom stereocenters. The Morgan fingerprint density at radius 2 is 1.88 bits per heavy atom. The average molecular weight is 360 g/mol. The summed E-state index contributed by atoms with van der Waals surface area (Å²) in [4.78, 5) is 11.9. The Bertz CT molecular complexity index is 553. The van der Waals surface area contributed by atoms with Gasteiger partial charge in [0.2, 0.25) is 0 Å². The molecule has 0 unspecified atom stereocenters. The first-order chi connectivity index (χ1) is 12.8. The van der Waals surface area contributed by atoms with Crippen molar-refractivity contribution in [2.75, 3.05) is 71.5 Å². The van der Waals surface area contributed by atoms with E-state index in [0.29, 0.717) is 0 Å². The molecule has 2 aliphatic rings. The highest BCUT2D eigenvalue weighted by Crippen LogP contribution is 2.26. The zero-order chi connectivity index (χ0) is 18.2. The lowest BCUT2D eigenvalue weighted by atomic mass is 10.2. The highest BCUT2D eigenvalue weighted by atomic mass is 16.5. The monoisotopic (exact) mass is 359 g/mol. The first-order valence-electron chi connectivity index (χ1n) is 9.80. The summed E-state index contributed by atoms with van der Waals surface area (Å²) in [5.74, 6) is 1.03. The van der Waals surface area contributed by atoms with Crippen molar-refractivity contribution in [1.29, 1.82) is 0 Å². The maximum Gasteiger partial charge on any atom is 0.193 e. The summed E-state index contributed by atoms with van der Waals surface area (Å²) in [5, 5.41) is 3.56. The number of nitrogens with zero attached hydrogens (tertiary/aromatic N) is 4. The number of aliphatic imine (C=N–C) groups is 1. The molecule has 0 amide bonds. The van der Waals surface area contributed by atoms with Crippen molar-refractivity contribution in [3.8, 4) is 0 Å². The zero-order valence-electron chi connectivity index (χ0n) is 16.2. The lowest BCUT2D eigenvalue weighted by Gasteiger charge is -2.37. The van der Waals surface area contributed by atoms with Crippen molar-refractivity contribution in [3.63, 3.8) is 0 Å². The van der Waals surface area contributed by atoms with E-state index in [4.69, 9.17) is 4.74 Å². The van der Waals surface area contributed by atoms with Crippen LogP contribution in [0.4, 0.5) is 5.69 Å². The van der Waals surface area contributed by atoms with E-state index < -0.39 is 0 Å². The number of anilines is 1. The Morgan fingerprint density at radius 1 is 1.15 bits per heavy atom.